The highest BCUT2D eigenvalue weighted by Gasteiger charge is 2.17. The van der Waals surface area contributed by atoms with Crippen molar-refractivity contribution in [1.29, 1.82) is 0 Å². The summed E-state index contributed by atoms with van der Waals surface area (Å²) in [5, 5.41) is 6.40. The molecule has 0 radical (unpaired) electrons. The lowest BCUT2D eigenvalue weighted by molar-refractivity contribution is -0.120. The van der Waals surface area contributed by atoms with E-state index in [1.54, 1.807) is 12.1 Å². The maximum absolute atomic E-state index is 12.5. The lowest BCUT2D eigenvalue weighted by atomic mass is 10.1. The highest BCUT2D eigenvalue weighted by atomic mass is 16.5. The number of carbonyl (C=O) groups excluding carboxylic acids is 2. The predicted molar refractivity (Wildman–Crippen MR) is 120 cm³/mol. The van der Waals surface area contributed by atoms with Gasteiger partial charge in [-0.05, 0) is 24.3 Å². The minimum Gasteiger partial charge on any atom is -0.493 e. The quantitative estimate of drug-likeness (QED) is 0.382. The van der Waals surface area contributed by atoms with E-state index in [0.717, 1.165) is 0 Å². The largest absolute Gasteiger partial charge is 0.493 e. The Kier molecular flexibility index (Phi) is 9.16. The first-order chi connectivity index (χ1) is 15.9. The number of amides is 2. The molecule has 11 heteroatoms. The highest BCUT2D eigenvalue weighted by Crippen LogP contribution is 2.38. The van der Waals surface area contributed by atoms with Gasteiger partial charge in [0.05, 0.1) is 55.4 Å². The van der Waals surface area contributed by atoms with Gasteiger partial charge in [0.1, 0.15) is 0 Å². The molecule has 178 valence electrons. The van der Waals surface area contributed by atoms with Crippen molar-refractivity contribution in [3.05, 3.63) is 35.4 Å². The Morgan fingerprint density at radius 1 is 0.758 bits per heavy atom. The van der Waals surface area contributed by atoms with Crippen LogP contribution >= 0.6 is 0 Å². The third kappa shape index (κ3) is 6.19. The van der Waals surface area contributed by atoms with Crippen LogP contribution in [0.25, 0.3) is 0 Å². The summed E-state index contributed by atoms with van der Waals surface area (Å²) < 4.78 is 31.5. The SMILES string of the molecule is COc1cc(/C=N\NC(=O)CNC(=O)c2cc(OC)c(OC)c(OC)c2)cc(OC)c1OC. The molecule has 0 aliphatic heterocycles. The van der Waals surface area contributed by atoms with Crippen molar-refractivity contribution in [2.24, 2.45) is 5.10 Å². The van der Waals surface area contributed by atoms with Gasteiger partial charge in [-0.15, -0.1) is 0 Å². The number of nitrogens with zero attached hydrogens (tertiary/aromatic N) is 1. The molecule has 0 fully saturated rings. The maximum atomic E-state index is 12.5. The second-order valence-electron chi connectivity index (χ2n) is 6.35. The molecule has 2 aromatic rings. The lowest BCUT2D eigenvalue weighted by Crippen LogP contribution is -2.34. The Hall–Kier alpha value is -4.15. The van der Waals surface area contributed by atoms with Crippen molar-refractivity contribution >= 4 is 18.0 Å². The van der Waals surface area contributed by atoms with Crippen LogP contribution in [0, 0.1) is 0 Å². The van der Waals surface area contributed by atoms with Crippen LogP contribution in [0.1, 0.15) is 15.9 Å². The normalized spacial score (nSPS) is 10.4. The van der Waals surface area contributed by atoms with Crippen molar-refractivity contribution < 1.29 is 38.0 Å². The number of benzene rings is 2. The zero-order valence-corrected chi connectivity index (χ0v) is 19.3. The molecule has 0 aromatic heterocycles. The summed E-state index contributed by atoms with van der Waals surface area (Å²) in [5.74, 6) is 1.30. The van der Waals surface area contributed by atoms with E-state index in [2.05, 4.69) is 15.8 Å². The van der Waals surface area contributed by atoms with Crippen molar-refractivity contribution in [3.63, 3.8) is 0 Å². The number of methoxy groups -OCH3 is 6. The molecule has 33 heavy (non-hydrogen) atoms. The van der Waals surface area contributed by atoms with E-state index in [1.165, 1.54) is 61.0 Å². The van der Waals surface area contributed by atoms with Crippen LogP contribution in [0.4, 0.5) is 0 Å². The molecule has 0 spiro atoms. The zero-order valence-electron chi connectivity index (χ0n) is 19.3. The first-order valence-electron chi connectivity index (χ1n) is 9.62. The number of hydrazone groups is 1. The van der Waals surface area contributed by atoms with Crippen LogP contribution in [0.15, 0.2) is 29.4 Å². The van der Waals surface area contributed by atoms with Gasteiger partial charge in [-0.2, -0.15) is 5.10 Å². The molecule has 0 atom stereocenters. The number of ether oxygens (including phenoxy) is 6. The van der Waals surface area contributed by atoms with Crippen LogP contribution in [0.3, 0.4) is 0 Å². The summed E-state index contributed by atoms with van der Waals surface area (Å²) in [6, 6.07) is 6.31. The Morgan fingerprint density at radius 2 is 1.21 bits per heavy atom. The van der Waals surface area contributed by atoms with E-state index in [-0.39, 0.29) is 12.1 Å². The molecule has 2 amide bonds. The maximum Gasteiger partial charge on any atom is 0.259 e. The lowest BCUT2D eigenvalue weighted by Gasteiger charge is -2.14. The fourth-order valence-electron chi connectivity index (χ4n) is 2.87. The number of carbonyl (C=O) groups is 2. The topological polar surface area (TPSA) is 126 Å². The van der Waals surface area contributed by atoms with Crippen LogP contribution in [0.2, 0.25) is 0 Å². The number of hydrogen-bond acceptors (Lipinski definition) is 9. The molecule has 0 saturated carbocycles. The molecular formula is C22H27N3O8. The molecule has 2 rings (SSSR count). The van der Waals surface area contributed by atoms with E-state index in [1.807, 2.05) is 0 Å². The molecule has 2 N–H and O–H groups in total. The minimum atomic E-state index is -0.528. The molecule has 0 unspecified atom stereocenters. The van der Waals surface area contributed by atoms with Gasteiger partial charge in [0.2, 0.25) is 11.5 Å². The highest BCUT2D eigenvalue weighted by molar-refractivity contribution is 5.97. The third-order valence-corrected chi connectivity index (χ3v) is 4.43. The summed E-state index contributed by atoms with van der Waals surface area (Å²) in [7, 11) is 8.84. The molecule has 0 saturated heterocycles. The zero-order chi connectivity index (χ0) is 24.4. The molecule has 2 aromatic carbocycles. The number of nitrogens with one attached hydrogen (secondary N) is 2. The summed E-state index contributed by atoms with van der Waals surface area (Å²) in [6.45, 7) is -0.303. The Bertz CT molecular complexity index is 973. The fourth-order valence-corrected chi connectivity index (χ4v) is 2.87. The van der Waals surface area contributed by atoms with E-state index in [9.17, 15) is 9.59 Å². The van der Waals surface area contributed by atoms with Crippen LogP contribution < -0.4 is 39.2 Å². The van der Waals surface area contributed by atoms with Gasteiger partial charge in [0.25, 0.3) is 11.8 Å². The second-order valence-corrected chi connectivity index (χ2v) is 6.35. The third-order valence-electron chi connectivity index (χ3n) is 4.43. The minimum absolute atomic E-state index is 0.234. The van der Waals surface area contributed by atoms with E-state index < -0.39 is 11.8 Å². The van der Waals surface area contributed by atoms with Crippen molar-refractivity contribution in [1.82, 2.24) is 10.7 Å². The summed E-state index contributed by atoms with van der Waals surface area (Å²) in [4.78, 5) is 24.5. The van der Waals surface area contributed by atoms with Crippen LogP contribution in [-0.2, 0) is 4.79 Å². The fraction of sp³-hybridized carbons (Fsp3) is 0.318. The van der Waals surface area contributed by atoms with Gasteiger partial charge in [-0.1, -0.05) is 0 Å². The van der Waals surface area contributed by atoms with E-state index >= 15 is 0 Å². The Morgan fingerprint density at radius 3 is 1.64 bits per heavy atom. The first kappa shape index (κ1) is 25.1. The monoisotopic (exact) mass is 461 g/mol. The summed E-state index contributed by atoms with van der Waals surface area (Å²) >= 11 is 0. The smallest absolute Gasteiger partial charge is 0.259 e. The van der Waals surface area contributed by atoms with Crippen molar-refractivity contribution in [3.8, 4) is 34.5 Å². The first-order valence-corrected chi connectivity index (χ1v) is 9.62. The van der Waals surface area contributed by atoms with Crippen molar-refractivity contribution in [2.45, 2.75) is 0 Å². The molecule has 0 heterocycles. The van der Waals surface area contributed by atoms with Crippen molar-refractivity contribution in [2.75, 3.05) is 49.2 Å². The van der Waals surface area contributed by atoms with Gasteiger partial charge in [0, 0.05) is 11.1 Å². The van der Waals surface area contributed by atoms with Gasteiger partial charge in [-0.3, -0.25) is 9.59 Å². The van der Waals surface area contributed by atoms with E-state index in [4.69, 9.17) is 28.4 Å². The number of rotatable bonds is 11. The molecule has 11 nitrogen and oxygen atoms in total. The molecule has 0 aliphatic carbocycles. The summed E-state index contributed by atoms with van der Waals surface area (Å²) in [6.07, 6.45) is 1.41. The Labute approximate surface area is 191 Å². The van der Waals surface area contributed by atoms with Gasteiger partial charge in [-0.25, -0.2) is 5.43 Å². The molecular weight excluding hydrogens is 434 g/mol. The van der Waals surface area contributed by atoms with Crippen LogP contribution in [-0.4, -0.2) is 67.2 Å². The number of hydrogen-bond donors (Lipinski definition) is 2. The average molecular weight is 461 g/mol. The standard InChI is InChI=1S/C22H27N3O8/c1-28-15-7-13(8-16(29-2)20(15)32-5)11-24-25-19(26)12-23-22(27)14-9-17(30-3)21(33-6)18(10-14)31-4/h7-11H,12H2,1-6H3,(H,23,27)(H,25,26)/b24-11-. The van der Waals surface area contributed by atoms with E-state index in [0.29, 0.717) is 40.1 Å². The van der Waals surface area contributed by atoms with Crippen LogP contribution in [0.5, 0.6) is 34.5 Å². The summed E-state index contributed by atoms with van der Waals surface area (Å²) in [5.41, 5.74) is 3.18. The van der Waals surface area contributed by atoms with Gasteiger partial charge < -0.3 is 33.7 Å². The second kappa shape index (κ2) is 12.0. The predicted octanol–water partition coefficient (Wildman–Crippen LogP) is 1.62. The molecule has 0 bridgehead atoms. The van der Waals surface area contributed by atoms with Gasteiger partial charge in [0.15, 0.2) is 23.0 Å². The average Bonchev–Trinajstić information content (AvgIpc) is 2.85. The Balaban J connectivity index is 2.01. The molecule has 0 aliphatic rings. The van der Waals surface area contributed by atoms with Gasteiger partial charge >= 0.3 is 0 Å².